The number of oxime groups is 1. The molecule has 0 bridgehead atoms. The summed E-state index contributed by atoms with van der Waals surface area (Å²) in [6.45, 7) is 5.38. The number of para-hydroxylation sites is 1. The zero-order valence-electron chi connectivity index (χ0n) is 23.6. The number of aliphatic hydroxyl groups is 1. The molecule has 1 atom stereocenters. The topological polar surface area (TPSA) is 106 Å². The molecule has 2 aliphatic heterocycles. The van der Waals surface area contributed by atoms with Crippen molar-refractivity contribution in [3.8, 4) is 0 Å². The molecule has 0 aliphatic carbocycles. The van der Waals surface area contributed by atoms with Crippen LogP contribution in [0, 0.1) is 0 Å². The first-order valence-electron chi connectivity index (χ1n) is 13.4. The highest BCUT2D eigenvalue weighted by Crippen LogP contribution is 2.44. The van der Waals surface area contributed by atoms with Crippen molar-refractivity contribution in [2.24, 2.45) is 5.16 Å². The Labute approximate surface area is 248 Å². The summed E-state index contributed by atoms with van der Waals surface area (Å²) in [6, 6.07) is 19.7. The summed E-state index contributed by atoms with van der Waals surface area (Å²) < 4.78 is 70.9. The van der Waals surface area contributed by atoms with Crippen LogP contribution < -0.4 is 4.90 Å². The Morgan fingerprint density at radius 2 is 1.58 bits per heavy atom. The predicted octanol–water partition coefficient (Wildman–Crippen LogP) is 5.94. The number of rotatable bonds is 7. The number of halogens is 3. The standard InChI is InChI=1S/C30H29F3N2O6SSi/c1-43(2,3)28-22-8-4-5-9-23(22)29(37)35(17-21-16-25(34-40-21)20-14-12-19(18-36)13-15-20)26-11-7-6-10-24(26)27(28)41-42(38,39)30(31,32)33/h4-15,21,36H,16-18H2,1-3H3/b28-27-. The Morgan fingerprint density at radius 1 is 0.977 bits per heavy atom. The number of alkyl halides is 3. The van der Waals surface area contributed by atoms with Crippen molar-refractivity contribution < 1.29 is 40.5 Å². The maximum Gasteiger partial charge on any atom is 0.534 e. The van der Waals surface area contributed by atoms with E-state index in [4.69, 9.17) is 9.02 Å². The lowest BCUT2D eigenvalue weighted by atomic mass is 9.98. The second-order valence-electron chi connectivity index (χ2n) is 11.2. The van der Waals surface area contributed by atoms with E-state index in [1.165, 1.54) is 17.0 Å². The van der Waals surface area contributed by atoms with Gasteiger partial charge in [0, 0.05) is 17.5 Å². The molecular formula is C30H29F3N2O6SSi. The number of benzene rings is 3. The predicted molar refractivity (Wildman–Crippen MR) is 159 cm³/mol. The molecule has 0 radical (unpaired) electrons. The zero-order valence-corrected chi connectivity index (χ0v) is 25.4. The van der Waals surface area contributed by atoms with Gasteiger partial charge in [-0.3, -0.25) is 4.79 Å². The van der Waals surface area contributed by atoms with E-state index in [-0.39, 0.29) is 35.2 Å². The molecule has 0 fully saturated rings. The van der Waals surface area contributed by atoms with Crippen molar-refractivity contribution in [3.63, 3.8) is 0 Å². The van der Waals surface area contributed by atoms with Crippen molar-refractivity contribution >= 4 is 46.5 Å². The van der Waals surface area contributed by atoms with Gasteiger partial charge in [0.2, 0.25) is 0 Å². The van der Waals surface area contributed by atoms with Gasteiger partial charge in [0.1, 0.15) is 0 Å². The molecule has 2 aliphatic rings. The molecule has 3 aromatic rings. The van der Waals surface area contributed by atoms with Crippen LogP contribution in [-0.2, 0) is 25.7 Å². The van der Waals surface area contributed by atoms with Gasteiger partial charge in [-0.2, -0.15) is 21.6 Å². The summed E-state index contributed by atoms with van der Waals surface area (Å²) in [6.07, 6.45) is -0.284. The zero-order chi connectivity index (χ0) is 31.2. The summed E-state index contributed by atoms with van der Waals surface area (Å²) in [5, 5.41) is 13.8. The number of hydrogen-bond acceptors (Lipinski definition) is 7. The van der Waals surface area contributed by atoms with Crippen molar-refractivity contribution in [1.82, 2.24) is 0 Å². The van der Waals surface area contributed by atoms with Crippen LogP contribution in [0.4, 0.5) is 18.9 Å². The molecule has 8 nitrogen and oxygen atoms in total. The summed E-state index contributed by atoms with van der Waals surface area (Å²) >= 11 is 0. The van der Waals surface area contributed by atoms with E-state index in [1.807, 2.05) is 19.6 Å². The lowest BCUT2D eigenvalue weighted by molar-refractivity contribution is -0.0509. The fraction of sp³-hybridized carbons (Fsp3) is 0.267. The molecule has 1 unspecified atom stereocenters. The van der Waals surface area contributed by atoms with Crippen LogP contribution in [0.2, 0.25) is 19.6 Å². The molecule has 0 spiro atoms. The highest BCUT2D eigenvalue weighted by Gasteiger charge is 2.50. The second kappa shape index (κ2) is 11.3. The third kappa shape index (κ3) is 5.97. The van der Waals surface area contributed by atoms with Gasteiger partial charge in [-0.1, -0.05) is 79.4 Å². The Balaban J connectivity index is 1.63. The van der Waals surface area contributed by atoms with Crippen LogP contribution in [0.5, 0.6) is 0 Å². The number of carbonyl (C=O) groups is 1. The molecule has 0 saturated heterocycles. The van der Waals surface area contributed by atoms with Gasteiger partial charge in [0.05, 0.1) is 32.6 Å². The third-order valence-corrected chi connectivity index (χ3v) is 10.1. The third-order valence-electron chi connectivity index (χ3n) is 7.15. The molecule has 5 rings (SSSR count). The van der Waals surface area contributed by atoms with E-state index in [9.17, 15) is 31.5 Å². The number of nitrogens with zero attached hydrogens (tertiary/aromatic N) is 2. The van der Waals surface area contributed by atoms with Crippen LogP contribution in [0.1, 0.15) is 39.0 Å². The first-order valence-corrected chi connectivity index (χ1v) is 18.3. The summed E-state index contributed by atoms with van der Waals surface area (Å²) in [5.74, 6) is -0.883. The second-order valence-corrected chi connectivity index (χ2v) is 17.8. The summed E-state index contributed by atoms with van der Waals surface area (Å²) in [7, 11) is -8.76. The summed E-state index contributed by atoms with van der Waals surface area (Å²) in [5.41, 5.74) is -2.81. The Bertz CT molecular complexity index is 1730. The van der Waals surface area contributed by atoms with Gasteiger partial charge in [0.15, 0.2) is 11.9 Å². The molecule has 43 heavy (non-hydrogen) atoms. The Hall–Kier alpha value is -3.94. The monoisotopic (exact) mass is 630 g/mol. The van der Waals surface area contributed by atoms with E-state index in [0.717, 1.165) is 11.1 Å². The molecule has 3 aromatic carbocycles. The Kier molecular flexibility index (Phi) is 8.01. The minimum absolute atomic E-state index is 0.0342. The number of anilines is 1. The van der Waals surface area contributed by atoms with Gasteiger partial charge in [-0.25, -0.2) is 0 Å². The van der Waals surface area contributed by atoms with Crippen LogP contribution in [0.3, 0.4) is 0 Å². The average Bonchev–Trinajstić information content (AvgIpc) is 3.42. The maximum absolute atomic E-state index is 14.2. The smallest absolute Gasteiger partial charge is 0.392 e. The van der Waals surface area contributed by atoms with Gasteiger partial charge in [-0.05, 0) is 40.1 Å². The van der Waals surface area contributed by atoms with Gasteiger partial charge >= 0.3 is 15.6 Å². The number of carbonyl (C=O) groups excluding carboxylic acids is 1. The van der Waals surface area contributed by atoms with Crippen molar-refractivity contribution in [2.75, 3.05) is 11.4 Å². The molecule has 13 heteroatoms. The summed E-state index contributed by atoms with van der Waals surface area (Å²) in [4.78, 5) is 21.3. The van der Waals surface area contributed by atoms with Crippen molar-refractivity contribution in [3.05, 3.63) is 101 Å². The van der Waals surface area contributed by atoms with Crippen molar-refractivity contribution in [1.29, 1.82) is 0 Å². The van der Waals surface area contributed by atoms with Gasteiger partial charge in [0.25, 0.3) is 5.91 Å². The first kappa shape index (κ1) is 30.5. The Morgan fingerprint density at radius 3 is 2.19 bits per heavy atom. The lowest BCUT2D eigenvalue weighted by Crippen LogP contribution is -2.40. The lowest BCUT2D eigenvalue weighted by Gasteiger charge is -2.34. The van der Waals surface area contributed by atoms with Crippen LogP contribution in [-0.4, -0.2) is 51.4 Å². The minimum atomic E-state index is -6.06. The van der Waals surface area contributed by atoms with E-state index in [2.05, 4.69) is 5.16 Å². The molecular weight excluding hydrogens is 601 g/mol. The molecule has 0 aromatic heterocycles. The quantitative estimate of drug-likeness (QED) is 0.197. The van der Waals surface area contributed by atoms with E-state index in [1.54, 1.807) is 60.7 Å². The van der Waals surface area contributed by atoms with E-state index < -0.39 is 41.5 Å². The molecule has 226 valence electrons. The van der Waals surface area contributed by atoms with Crippen LogP contribution in [0.15, 0.2) is 78.0 Å². The minimum Gasteiger partial charge on any atom is -0.392 e. The fourth-order valence-electron chi connectivity index (χ4n) is 5.17. The number of fused-ring (bicyclic) bond motifs is 2. The number of aliphatic hydroxyl groups excluding tert-OH is 1. The van der Waals surface area contributed by atoms with Crippen LogP contribution in [0.25, 0.3) is 11.0 Å². The van der Waals surface area contributed by atoms with Gasteiger partial charge in [-0.15, -0.1) is 0 Å². The highest BCUT2D eigenvalue weighted by atomic mass is 32.2. The number of amides is 1. The largest absolute Gasteiger partial charge is 0.534 e. The maximum atomic E-state index is 14.2. The SMILES string of the molecule is C[Si](C)(C)/C1=C(\OS(=O)(=O)C(F)(F)F)c2ccccc2N(CC2CC(c3ccc(CO)cc3)=NO2)C(=O)c2ccccc21. The molecule has 2 heterocycles. The normalized spacial score (nSPS) is 19.1. The molecule has 1 N–H and O–H groups in total. The van der Waals surface area contributed by atoms with Gasteiger partial charge < -0.3 is 19.0 Å². The highest BCUT2D eigenvalue weighted by molar-refractivity contribution is 7.87. The van der Waals surface area contributed by atoms with Crippen molar-refractivity contribution in [2.45, 2.75) is 44.3 Å². The number of hydrogen-bond donors (Lipinski definition) is 1. The van der Waals surface area contributed by atoms with E-state index in [0.29, 0.717) is 17.7 Å². The fourth-order valence-corrected chi connectivity index (χ4v) is 7.63. The first-order chi connectivity index (χ1) is 20.2. The molecule has 0 saturated carbocycles. The van der Waals surface area contributed by atoms with Crippen LogP contribution >= 0.6 is 0 Å². The average molecular weight is 631 g/mol. The molecule has 1 amide bonds. The van der Waals surface area contributed by atoms with E-state index >= 15 is 0 Å².